The highest BCUT2D eigenvalue weighted by molar-refractivity contribution is 7.22. The van der Waals surface area contributed by atoms with Crippen LogP contribution < -0.4 is 4.90 Å². The second kappa shape index (κ2) is 9.03. The number of hydrogen-bond donors (Lipinski definition) is 0. The molecule has 0 N–H and O–H groups in total. The van der Waals surface area contributed by atoms with Crippen LogP contribution in [0.15, 0.2) is 36.4 Å². The van der Waals surface area contributed by atoms with E-state index in [1.807, 2.05) is 12.1 Å². The van der Waals surface area contributed by atoms with Crippen molar-refractivity contribution in [3.63, 3.8) is 0 Å². The third-order valence-corrected chi connectivity index (χ3v) is 6.29. The second-order valence-electron chi connectivity index (χ2n) is 6.89. The van der Waals surface area contributed by atoms with E-state index in [1.54, 1.807) is 28.4 Å². The molecule has 2 aromatic carbocycles. The predicted molar refractivity (Wildman–Crippen MR) is 120 cm³/mol. The second-order valence-corrected chi connectivity index (χ2v) is 8.30. The van der Waals surface area contributed by atoms with Gasteiger partial charge in [-0.15, -0.1) is 0 Å². The maximum Gasteiger partial charge on any atom is 0.261 e. The van der Waals surface area contributed by atoms with Crippen molar-refractivity contribution in [3.05, 3.63) is 58.1 Å². The van der Waals surface area contributed by atoms with Crippen LogP contribution in [-0.4, -0.2) is 42.0 Å². The van der Waals surface area contributed by atoms with Gasteiger partial charge in [0.15, 0.2) is 5.13 Å². The van der Waals surface area contributed by atoms with Crippen molar-refractivity contribution in [2.75, 3.05) is 31.1 Å². The Balaban J connectivity index is 2.02. The first-order chi connectivity index (χ1) is 13.4. The van der Waals surface area contributed by atoms with Crippen LogP contribution in [0.5, 0.6) is 0 Å². The van der Waals surface area contributed by atoms with E-state index in [0.717, 1.165) is 40.5 Å². The lowest BCUT2D eigenvalue weighted by Gasteiger charge is -2.25. The average Bonchev–Trinajstić information content (AvgIpc) is 3.09. The highest BCUT2D eigenvalue weighted by Gasteiger charge is 2.23. The van der Waals surface area contributed by atoms with Gasteiger partial charge in [0.05, 0.1) is 20.8 Å². The summed E-state index contributed by atoms with van der Waals surface area (Å²) in [6.45, 7) is 11.7. The number of anilines is 1. The lowest BCUT2D eigenvalue weighted by Crippen LogP contribution is -2.39. The molecule has 0 fully saturated rings. The number of hydrogen-bond acceptors (Lipinski definition) is 4. The van der Waals surface area contributed by atoms with E-state index in [4.69, 9.17) is 16.6 Å². The number of nitrogens with zero attached hydrogens (tertiary/aromatic N) is 3. The molecule has 0 aliphatic rings. The molecule has 28 heavy (non-hydrogen) atoms. The third-order valence-electron chi connectivity index (χ3n) is 4.93. The summed E-state index contributed by atoms with van der Waals surface area (Å²) in [5.41, 5.74) is 3.81. The Hall–Kier alpha value is -1.95. The molecule has 0 bridgehead atoms. The molecule has 6 heteroatoms. The number of fused-ring (bicyclic) bond motifs is 1. The molecule has 0 radical (unpaired) electrons. The fourth-order valence-electron chi connectivity index (χ4n) is 3.32. The number of carbonyl (C=O) groups is 1. The van der Waals surface area contributed by atoms with Gasteiger partial charge in [0.25, 0.3) is 5.91 Å². The Morgan fingerprint density at radius 1 is 1.11 bits per heavy atom. The summed E-state index contributed by atoms with van der Waals surface area (Å²) in [7, 11) is 0. The van der Waals surface area contributed by atoms with Crippen LogP contribution in [0, 0.1) is 13.8 Å². The summed E-state index contributed by atoms with van der Waals surface area (Å²) < 4.78 is 1.10. The summed E-state index contributed by atoms with van der Waals surface area (Å²) in [5.74, 6) is -0.105. The maximum absolute atomic E-state index is 13.4. The van der Waals surface area contributed by atoms with Crippen molar-refractivity contribution in [3.8, 4) is 0 Å². The highest BCUT2D eigenvalue weighted by atomic mass is 35.5. The van der Waals surface area contributed by atoms with E-state index >= 15 is 0 Å². The van der Waals surface area contributed by atoms with Crippen LogP contribution in [0.1, 0.15) is 35.3 Å². The molecule has 0 atom stereocenters. The minimum absolute atomic E-state index is 0.105. The van der Waals surface area contributed by atoms with E-state index in [1.165, 1.54) is 5.56 Å². The van der Waals surface area contributed by atoms with Gasteiger partial charge in [0.2, 0.25) is 0 Å². The van der Waals surface area contributed by atoms with Gasteiger partial charge in [-0.2, -0.15) is 0 Å². The van der Waals surface area contributed by atoms with E-state index < -0.39 is 0 Å². The van der Waals surface area contributed by atoms with Gasteiger partial charge in [0.1, 0.15) is 0 Å². The first kappa shape index (κ1) is 20.8. The van der Waals surface area contributed by atoms with Crippen LogP contribution in [0.4, 0.5) is 5.13 Å². The Bertz CT molecular complexity index is 981. The molecule has 0 aliphatic heterocycles. The molecule has 1 amide bonds. The number of rotatable bonds is 7. The molecule has 3 rings (SSSR count). The number of halogens is 1. The number of thiazole rings is 1. The third kappa shape index (κ3) is 4.37. The predicted octanol–water partition coefficient (Wildman–Crippen LogP) is 5.56. The monoisotopic (exact) mass is 415 g/mol. The number of carbonyl (C=O) groups excluding carboxylic acids is 1. The molecular formula is C22H26ClN3OS. The zero-order chi connectivity index (χ0) is 20.3. The van der Waals surface area contributed by atoms with Crippen molar-refractivity contribution in [2.24, 2.45) is 0 Å². The van der Waals surface area contributed by atoms with E-state index in [9.17, 15) is 4.79 Å². The van der Waals surface area contributed by atoms with Gasteiger partial charge in [0, 0.05) is 13.1 Å². The quantitative estimate of drug-likeness (QED) is 0.507. The number of aromatic nitrogens is 1. The average molecular weight is 416 g/mol. The maximum atomic E-state index is 13.4. The van der Waals surface area contributed by atoms with Gasteiger partial charge >= 0.3 is 0 Å². The molecule has 0 saturated heterocycles. The lowest BCUT2D eigenvalue weighted by molar-refractivity contribution is 0.0984. The van der Waals surface area contributed by atoms with Gasteiger partial charge in [-0.1, -0.05) is 55.0 Å². The van der Waals surface area contributed by atoms with Crippen molar-refractivity contribution in [1.82, 2.24) is 9.88 Å². The van der Waals surface area contributed by atoms with Crippen molar-refractivity contribution in [1.29, 1.82) is 0 Å². The summed E-state index contributed by atoms with van der Waals surface area (Å²) in [6, 6.07) is 11.5. The molecule has 1 heterocycles. The van der Waals surface area contributed by atoms with Crippen LogP contribution in [0.25, 0.3) is 10.2 Å². The summed E-state index contributed by atoms with van der Waals surface area (Å²) >= 11 is 7.88. The molecule has 1 aromatic heterocycles. The molecule has 0 unspecified atom stereocenters. The van der Waals surface area contributed by atoms with E-state index in [0.29, 0.717) is 17.1 Å². The Labute approximate surface area is 175 Å². The molecule has 0 saturated carbocycles. The Morgan fingerprint density at radius 2 is 1.82 bits per heavy atom. The first-order valence-corrected chi connectivity index (χ1v) is 10.8. The fraction of sp³-hybridized carbons (Fsp3) is 0.364. The Kier molecular flexibility index (Phi) is 6.70. The van der Waals surface area contributed by atoms with Crippen molar-refractivity contribution >= 4 is 44.2 Å². The van der Waals surface area contributed by atoms with Crippen molar-refractivity contribution < 1.29 is 4.79 Å². The smallest absolute Gasteiger partial charge is 0.261 e. The number of amides is 1. The van der Waals surface area contributed by atoms with E-state index in [-0.39, 0.29) is 5.91 Å². The van der Waals surface area contributed by atoms with Crippen LogP contribution in [-0.2, 0) is 0 Å². The zero-order valence-corrected chi connectivity index (χ0v) is 18.4. The number of likely N-dealkylation sites (N-methyl/N-ethyl adjacent to an activating group) is 1. The SMILES string of the molecule is CCN(CC)CCN(C(=O)c1ccccc1Cl)c1nc2c(C)cc(C)cc2s1. The Morgan fingerprint density at radius 3 is 2.50 bits per heavy atom. The first-order valence-electron chi connectivity index (χ1n) is 9.61. The summed E-state index contributed by atoms with van der Waals surface area (Å²) in [4.78, 5) is 22.3. The zero-order valence-electron chi connectivity index (χ0n) is 16.8. The molecule has 3 aromatic rings. The van der Waals surface area contributed by atoms with Crippen molar-refractivity contribution in [2.45, 2.75) is 27.7 Å². The molecule has 0 spiro atoms. The minimum Gasteiger partial charge on any atom is -0.302 e. The molecule has 148 valence electrons. The largest absolute Gasteiger partial charge is 0.302 e. The molecule has 0 aliphatic carbocycles. The van der Waals surface area contributed by atoms with Gasteiger partial charge in [-0.05, 0) is 56.3 Å². The highest BCUT2D eigenvalue weighted by Crippen LogP contribution is 2.33. The van der Waals surface area contributed by atoms with Gasteiger partial charge in [-0.25, -0.2) is 4.98 Å². The van der Waals surface area contributed by atoms with Crippen LogP contribution >= 0.6 is 22.9 Å². The van der Waals surface area contributed by atoms with E-state index in [2.05, 4.69) is 44.7 Å². The lowest BCUT2D eigenvalue weighted by atomic mass is 10.1. The topological polar surface area (TPSA) is 36.4 Å². The number of aryl methyl sites for hydroxylation is 2. The summed E-state index contributed by atoms with van der Waals surface area (Å²) in [5, 5.41) is 1.19. The molecular weight excluding hydrogens is 390 g/mol. The standard InChI is InChI=1S/C22H26ClN3OS/c1-5-25(6-2)11-12-26(21(27)17-9-7-8-10-18(17)23)22-24-20-16(4)13-15(3)14-19(20)28-22/h7-10,13-14H,5-6,11-12H2,1-4H3. The molecule has 4 nitrogen and oxygen atoms in total. The normalized spacial score (nSPS) is 11.4. The fourth-order valence-corrected chi connectivity index (χ4v) is 4.70. The van der Waals surface area contributed by atoms with Crippen LogP contribution in [0.3, 0.4) is 0 Å². The summed E-state index contributed by atoms with van der Waals surface area (Å²) in [6.07, 6.45) is 0. The van der Waals surface area contributed by atoms with Crippen LogP contribution in [0.2, 0.25) is 5.02 Å². The van der Waals surface area contributed by atoms with Gasteiger partial charge < -0.3 is 4.90 Å². The van der Waals surface area contributed by atoms with Gasteiger partial charge in [-0.3, -0.25) is 9.69 Å². The number of benzene rings is 2. The minimum atomic E-state index is -0.105.